The zero-order chi connectivity index (χ0) is 8.65. The molecule has 0 aliphatic carbocycles. The van der Waals surface area contributed by atoms with Gasteiger partial charge in [0.15, 0.2) is 0 Å². The van der Waals surface area contributed by atoms with E-state index in [1.165, 1.54) is 4.90 Å². The van der Waals surface area contributed by atoms with Crippen molar-refractivity contribution in [3.05, 3.63) is 0 Å². The molecule has 60 valence electrons. The third kappa shape index (κ3) is 0.997. The highest BCUT2D eigenvalue weighted by Gasteiger charge is 2.46. The van der Waals surface area contributed by atoms with Crippen molar-refractivity contribution in [3.63, 3.8) is 0 Å². The smallest absolute Gasteiger partial charge is 0.267 e. The molecule has 3 nitrogen and oxygen atoms in total. The highest BCUT2D eigenvalue weighted by Crippen LogP contribution is 2.25. The fourth-order valence-corrected chi connectivity index (χ4v) is 1.26. The molecule has 0 aromatic rings. The van der Waals surface area contributed by atoms with Crippen LogP contribution in [0.25, 0.3) is 0 Å². The van der Waals surface area contributed by atoms with Gasteiger partial charge >= 0.3 is 0 Å². The molecule has 0 saturated carbocycles. The quantitative estimate of drug-likeness (QED) is 0.481. The number of hydrogen-bond acceptors (Lipinski definition) is 2. The van der Waals surface area contributed by atoms with E-state index in [9.17, 15) is 9.90 Å². The second-order valence-corrected chi connectivity index (χ2v) is 2.97. The highest BCUT2D eigenvalue weighted by atomic mass is 16.3. The van der Waals surface area contributed by atoms with E-state index in [-0.39, 0.29) is 11.9 Å². The Morgan fingerprint density at radius 3 is 2.64 bits per heavy atom. The van der Waals surface area contributed by atoms with Crippen LogP contribution < -0.4 is 0 Å². The maximum atomic E-state index is 11.2. The van der Waals surface area contributed by atoms with Crippen molar-refractivity contribution >= 4 is 5.91 Å². The van der Waals surface area contributed by atoms with Gasteiger partial charge in [-0.2, -0.15) is 0 Å². The normalized spacial score (nSPS) is 37.5. The molecule has 11 heavy (non-hydrogen) atoms. The Morgan fingerprint density at radius 2 is 2.45 bits per heavy atom. The van der Waals surface area contributed by atoms with Gasteiger partial charge in [-0.1, -0.05) is 5.92 Å². The van der Waals surface area contributed by atoms with Crippen molar-refractivity contribution < 1.29 is 9.90 Å². The molecule has 0 aromatic heterocycles. The predicted molar refractivity (Wildman–Crippen MR) is 40.6 cm³/mol. The number of rotatable bonds is 0. The van der Waals surface area contributed by atoms with Gasteiger partial charge in [-0.05, 0) is 6.92 Å². The minimum absolute atomic E-state index is 0.0311. The molecule has 3 heteroatoms. The molecule has 1 heterocycles. The van der Waals surface area contributed by atoms with Crippen molar-refractivity contribution in [2.24, 2.45) is 0 Å². The molecule has 0 spiro atoms. The maximum absolute atomic E-state index is 11.2. The van der Waals surface area contributed by atoms with Gasteiger partial charge in [-0.15, -0.1) is 6.42 Å². The fraction of sp³-hybridized carbons (Fsp3) is 0.625. The number of likely N-dealkylation sites (tertiary alicyclic amines) is 1. The van der Waals surface area contributed by atoms with E-state index in [2.05, 4.69) is 5.92 Å². The van der Waals surface area contributed by atoms with Crippen molar-refractivity contribution in [1.29, 1.82) is 0 Å². The lowest BCUT2D eigenvalue weighted by Gasteiger charge is -2.14. The second kappa shape index (κ2) is 2.24. The van der Waals surface area contributed by atoms with Crippen LogP contribution in [-0.4, -0.2) is 34.6 Å². The number of carbonyl (C=O) groups is 1. The van der Waals surface area contributed by atoms with Crippen LogP contribution in [0.5, 0.6) is 0 Å². The first-order chi connectivity index (χ1) is 5.01. The Labute approximate surface area is 66.0 Å². The summed E-state index contributed by atoms with van der Waals surface area (Å²) in [5.74, 6) is 1.75. The zero-order valence-electron chi connectivity index (χ0n) is 6.66. The van der Waals surface area contributed by atoms with Gasteiger partial charge in [0.05, 0.1) is 0 Å². The summed E-state index contributed by atoms with van der Waals surface area (Å²) in [6.45, 7) is 1.85. The largest absolute Gasteiger partial charge is 0.369 e. The van der Waals surface area contributed by atoms with Crippen LogP contribution in [0.4, 0.5) is 0 Å². The average Bonchev–Trinajstić information content (AvgIpc) is 2.17. The molecule has 2 atom stereocenters. The molecular formula is C8H11NO2. The summed E-state index contributed by atoms with van der Waals surface area (Å²) in [4.78, 5) is 12.7. The van der Waals surface area contributed by atoms with E-state index < -0.39 is 5.60 Å². The van der Waals surface area contributed by atoms with Gasteiger partial charge in [0, 0.05) is 19.5 Å². The molecule has 0 bridgehead atoms. The minimum Gasteiger partial charge on any atom is -0.369 e. The Balaban J connectivity index is 2.93. The topological polar surface area (TPSA) is 40.5 Å². The van der Waals surface area contributed by atoms with Crippen LogP contribution >= 0.6 is 0 Å². The first kappa shape index (κ1) is 8.09. The molecule has 1 amide bonds. The molecule has 1 aliphatic heterocycles. The minimum atomic E-state index is -1.55. The zero-order valence-corrected chi connectivity index (χ0v) is 6.66. The summed E-state index contributed by atoms with van der Waals surface area (Å²) in [6.07, 6.45) is 5.37. The molecular weight excluding hydrogens is 142 g/mol. The van der Waals surface area contributed by atoms with Crippen LogP contribution in [0.1, 0.15) is 13.3 Å². The van der Waals surface area contributed by atoms with Crippen molar-refractivity contribution in [3.8, 4) is 12.3 Å². The fourth-order valence-electron chi connectivity index (χ4n) is 1.26. The lowest BCUT2D eigenvalue weighted by molar-refractivity contribution is -0.138. The number of terminal acetylenes is 1. The van der Waals surface area contributed by atoms with E-state index >= 15 is 0 Å². The van der Waals surface area contributed by atoms with Crippen molar-refractivity contribution in [2.45, 2.75) is 25.0 Å². The molecule has 0 aromatic carbocycles. The molecule has 1 N–H and O–H groups in total. The van der Waals surface area contributed by atoms with Crippen LogP contribution in [0.15, 0.2) is 0 Å². The Bertz CT molecular complexity index is 231. The van der Waals surface area contributed by atoms with Gasteiger partial charge in [0.1, 0.15) is 0 Å². The first-order valence-electron chi connectivity index (χ1n) is 3.48. The average molecular weight is 153 g/mol. The maximum Gasteiger partial charge on any atom is 0.267 e. The van der Waals surface area contributed by atoms with Crippen molar-refractivity contribution in [1.82, 2.24) is 4.90 Å². The van der Waals surface area contributed by atoms with Crippen LogP contribution in [0.2, 0.25) is 0 Å². The number of nitrogens with zero attached hydrogens (tertiary/aromatic N) is 1. The molecule has 1 fully saturated rings. The number of likely N-dealkylation sites (N-methyl/N-ethyl adjacent to an activating group) is 1. The summed E-state index contributed by atoms with van der Waals surface area (Å²) < 4.78 is 0. The first-order valence-corrected chi connectivity index (χ1v) is 3.48. The number of amides is 1. The second-order valence-electron chi connectivity index (χ2n) is 2.97. The number of carbonyl (C=O) groups excluding carboxylic acids is 1. The number of aliphatic hydroxyl groups is 1. The van der Waals surface area contributed by atoms with Gasteiger partial charge in [0.25, 0.3) is 5.91 Å². The predicted octanol–water partition coefficient (Wildman–Crippen LogP) is -0.399. The summed E-state index contributed by atoms with van der Waals surface area (Å²) in [7, 11) is 1.64. The molecule has 1 aliphatic rings. The van der Waals surface area contributed by atoms with E-state index in [1.54, 1.807) is 7.05 Å². The molecule has 1 rings (SSSR count). The lowest BCUT2D eigenvalue weighted by atomic mass is 10.0. The van der Waals surface area contributed by atoms with E-state index in [0.29, 0.717) is 6.42 Å². The van der Waals surface area contributed by atoms with Gasteiger partial charge < -0.3 is 10.0 Å². The van der Waals surface area contributed by atoms with E-state index in [1.807, 2.05) is 6.92 Å². The van der Waals surface area contributed by atoms with Gasteiger partial charge in [0.2, 0.25) is 5.60 Å². The SMILES string of the molecule is C#C[C@]1(O)CC(C)N(C)C1=O. The Morgan fingerprint density at radius 1 is 1.91 bits per heavy atom. The summed E-state index contributed by atoms with van der Waals surface area (Å²) in [5.41, 5.74) is -1.55. The van der Waals surface area contributed by atoms with Gasteiger partial charge in [-0.3, -0.25) is 4.79 Å². The van der Waals surface area contributed by atoms with Crippen LogP contribution in [-0.2, 0) is 4.79 Å². The van der Waals surface area contributed by atoms with E-state index in [4.69, 9.17) is 6.42 Å². The summed E-state index contributed by atoms with van der Waals surface area (Å²) in [5, 5.41) is 9.48. The van der Waals surface area contributed by atoms with Crippen LogP contribution in [0, 0.1) is 12.3 Å². The summed E-state index contributed by atoms with van der Waals surface area (Å²) in [6, 6.07) is 0.0311. The Hall–Kier alpha value is -1.01. The van der Waals surface area contributed by atoms with Crippen LogP contribution in [0.3, 0.4) is 0 Å². The highest BCUT2D eigenvalue weighted by molar-refractivity contribution is 5.90. The lowest BCUT2D eigenvalue weighted by Crippen LogP contribution is -2.37. The monoisotopic (exact) mass is 153 g/mol. The molecule has 0 radical (unpaired) electrons. The third-order valence-electron chi connectivity index (χ3n) is 2.16. The molecule has 1 saturated heterocycles. The van der Waals surface area contributed by atoms with Crippen molar-refractivity contribution in [2.75, 3.05) is 7.05 Å². The standard InChI is InChI=1S/C8H11NO2/c1-4-8(11)5-6(2)9(3)7(8)10/h1,6,11H,5H2,2-3H3/t6?,8-/m0/s1. The van der Waals surface area contributed by atoms with Gasteiger partial charge in [-0.25, -0.2) is 0 Å². The third-order valence-corrected chi connectivity index (χ3v) is 2.16. The Kier molecular flexibility index (Phi) is 1.65. The number of hydrogen-bond donors (Lipinski definition) is 1. The van der Waals surface area contributed by atoms with E-state index in [0.717, 1.165) is 0 Å². The summed E-state index contributed by atoms with van der Waals surface area (Å²) >= 11 is 0. The molecule has 1 unspecified atom stereocenters.